The lowest BCUT2D eigenvalue weighted by atomic mass is 10.00. The minimum absolute atomic E-state index is 0.0483. The zero-order chi connectivity index (χ0) is 16.8. The van der Waals surface area contributed by atoms with Gasteiger partial charge in [0.2, 0.25) is 0 Å². The lowest BCUT2D eigenvalue weighted by Crippen LogP contribution is -2.51. The summed E-state index contributed by atoms with van der Waals surface area (Å²) < 4.78 is 10.5. The van der Waals surface area contributed by atoms with Crippen LogP contribution < -0.4 is 16.0 Å². The van der Waals surface area contributed by atoms with Crippen LogP contribution in [-0.2, 0) is 9.53 Å². The highest BCUT2D eigenvalue weighted by Crippen LogP contribution is 2.18. The Morgan fingerprint density at radius 3 is 2.87 bits per heavy atom. The Morgan fingerprint density at radius 2 is 2.26 bits per heavy atom. The number of carbonyl (C=O) groups excluding carboxylic acids is 2. The molecule has 7 heteroatoms. The molecule has 0 radical (unpaired) electrons. The summed E-state index contributed by atoms with van der Waals surface area (Å²) in [6.45, 7) is 6.23. The standard InChI is InChI=1S/C16H23N3O4/c1-4-11-14(15(20)22-5-2)12(19-16(21)18-11)9-17-10(3)13-7-6-8-23-13/h6-8,10-11,17H,4-5,9H2,1-3H3,(H2,18,19,21)/t10-,11+/m0/s1. The largest absolute Gasteiger partial charge is 0.468 e. The molecule has 0 fully saturated rings. The van der Waals surface area contributed by atoms with E-state index < -0.39 is 5.97 Å². The number of amides is 2. The van der Waals surface area contributed by atoms with Crippen molar-refractivity contribution in [3.8, 4) is 0 Å². The zero-order valence-electron chi connectivity index (χ0n) is 13.6. The van der Waals surface area contributed by atoms with Gasteiger partial charge < -0.3 is 25.1 Å². The summed E-state index contributed by atoms with van der Waals surface area (Å²) in [5.41, 5.74) is 1.01. The highest BCUT2D eigenvalue weighted by Gasteiger charge is 2.31. The first-order valence-corrected chi connectivity index (χ1v) is 7.81. The van der Waals surface area contributed by atoms with E-state index in [0.717, 1.165) is 5.76 Å². The monoisotopic (exact) mass is 321 g/mol. The van der Waals surface area contributed by atoms with Crippen molar-refractivity contribution in [1.82, 2.24) is 16.0 Å². The third-order valence-electron chi connectivity index (χ3n) is 3.70. The van der Waals surface area contributed by atoms with Gasteiger partial charge in [-0.05, 0) is 32.4 Å². The summed E-state index contributed by atoms with van der Waals surface area (Å²) in [5.74, 6) is 0.380. The molecule has 23 heavy (non-hydrogen) atoms. The van der Waals surface area contributed by atoms with E-state index in [0.29, 0.717) is 24.2 Å². The van der Waals surface area contributed by atoms with Crippen molar-refractivity contribution in [2.75, 3.05) is 13.2 Å². The number of hydrogen-bond donors (Lipinski definition) is 3. The number of esters is 1. The van der Waals surface area contributed by atoms with Crippen LogP contribution in [0.4, 0.5) is 4.79 Å². The molecule has 0 aromatic carbocycles. The van der Waals surface area contributed by atoms with Crippen LogP contribution in [-0.4, -0.2) is 31.2 Å². The van der Waals surface area contributed by atoms with Gasteiger partial charge in [0.15, 0.2) is 0 Å². The minimum atomic E-state index is -0.408. The molecule has 0 unspecified atom stereocenters. The van der Waals surface area contributed by atoms with E-state index in [-0.39, 0.29) is 24.7 Å². The molecule has 126 valence electrons. The quantitative estimate of drug-likeness (QED) is 0.666. The summed E-state index contributed by atoms with van der Waals surface area (Å²) in [5, 5.41) is 8.70. The molecule has 2 rings (SSSR count). The van der Waals surface area contributed by atoms with Crippen molar-refractivity contribution in [2.24, 2.45) is 0 Å². The summed E-state index contributed by atoms with van der Waals surface area (Å²) in [6, 6.07) is 2.98. The molecule has 0 bridgehead atoms. The molecule has 3 N–H and O–H groups in total. The maximum Gasteiger partial charge on any atom is 0.337 e. The number of urea groups is 1. The molecular weight excluding hydrogens is 298 g/mol. The molecule has 2 heterocycles. The van der Waals surface area contributed by atoms with E-state index in [1.165, 1.54) is 0 Å². The average Bonchev–Trinajstić information content (AvgIpc) is 3.06. The number of ether oxygens (including phenoxy) is 1. The van der Waals surface area contributed by atoms with E-state index in [1.807, 2.05) is 26.0 Å². The fraction of sp³-hybridized carbons (Fsp3) is 0.500. The summed E-state index contributed by atoms with van der Waals surface area (Å²) in [4.78, 5) is 24.0. The molecule has 0 spiro atoms. The van der Waals surface area contributed by atoms with Crippen LogP contribution >= 0.6 is 0 Å². The molecule has 2 atom stereocenters. The van der Waals surface area contributed by atoms with Crippen LogP contribution in [0.25, 0.3) is 0 Å². The first-order valence-electron chi connectivity index (χ1n) is 7.81. The Hall–Kier alpha value is -2.28. The number of hydrogen-bond acceptors (Lipinski definition) is 5. The molecular formula is C16H23N3O4. The number of rotatable bonds is 7. The topological polar surface area (TPSA) is 92.6 Å². The van der Waals surface area contributed by atoms with Crippen LogP contribution in [0.2, 0.25) is 0 Å². The van der Waals surface area contributed by atoms with Gasteiger partial charge in [0, 0.05) is 12.2 Å². The number of nitrogens with one attached hydrogen (secondary N) is 3. The molecule has 1 aromatic heterocycles. The minimum Gasteiger partial charge on any atom is -0.468 e. The van der Waals surface area contributed by atoms with E-state index >= 15 is 0 Å². The van der Waals surface area contributed by atoms with E-state index in [2.05, 4.69) is 16.0 Å². The van der Waals surface area contributed by atoms with E-state index in [4.69, 9.17) is 9.15 Å². The second-order valence-electron chi connectivity index (χ2n) is 5.29. The first-order chi connectivity index (χ1) is 11.1. The van der Waals surface area contributed by atoms with Gasteiger partial charge in [-0.15, -0.1) is 0 Å². The Bertz CT molecular complexity index is 580. The second-order valence-corrected chi connectivity index (χ2v) is 5.29. The third-order valence-corrected chi connectivity index (χ3v) is 3.70. The Balaban J connectivity index is 2.17. The normalized spacial score (nSPS) is 19.1. The number of furan rings is 1. The van der Waals surface area contributed by atoms with E-state index in [9.17, 15) is 9.59 Å². The van der Waals surface area contributed by atoms with Gasteiger partial charge in [0.25, 0.3) is 0 Å². The fourth-order valence-corrected chi connectivity index (χ4v) is 2.49. The highest BCUT2D eigenvalue weighted by molar-refractivity contribution is 5.94. The summed E-state index contributed by atoms with van der Waals surface area (Å²) in [7, 11) is 0. The van der Waals surface area contributed by atoms with Gasteiger partial charge in [0.05, 0.1) is 30.5 Å². The smallest absolute Gasteiger partial charge is 0.337 e. The van der Waals surface area contributed by atoms with E-state index in [1.54, 1.807) is 13.2 Å². The fourth-order valence-electron chi connectivity index (χ4n) is 2.49. The average molecular weight is 321 g/mol. The molecule has 1 aromatic rings. The molecule has 1 aliphatic rings. The maximum absolute atomic E-state index is 12.2. The van der Waals surface area contributed by atoms with Crippen molar-refractivity contribution in [1.29, 1.82) is 0 Å². The Morgan fingerprint density at radius 1 is 1.48 bits per heavy atom. The molecule has 0 aliphatic carbocycles. The lowest BCUT2D eigenvalue weighted by molar-refractivity contribution is -0.139. The zero-order valence-corrected chi connectivity index (χ0v) is 13.6. The first kappa shape index (κ1) is 17.1. The second kappa shape index (κ2) is 7.82. The molecule has 0 saturated carbocycles. The number of carbonyl (C=O) groups is 2. The molecule has 2 amide bonds. The molecule has 1 aliphatic heterocycles. The predicted molar refractivity (Wildman–Crippen MR) is 84.5 cm³/mol. The van der Waals surface area contributed by atoms with Crippen LogP contribution in [0.5, 0.6) is 0 Å². The van der Waals surface area contributed by atoms with Crippen molar-refractivity contribution in [3.63, 3.8) is 0 Å². The van der Waals surface area contributed by atoms with Crippen molar-refractivity contribution >= 4 is 12.0 Å². The van der Waals surface area contributed by atoms with Crippen molar-refractivity contribution in [3.05, 3.63) is 35.4 Å². The SMILES string of the molecule is CCOC(=O)C1=C(CN[C@@H](C)c2ccco2)NC(=O)N[C@@H]1CC. The molecule has 0 saturated heterocycles. The van der Waals surface area contributed by atoms with Gasteiger partial charge in [0.1, 0.15) is 5.76 Å². The molecule has 7 nitrogen and oxygen atoms in total. The summed E-state index contributed by atoms with van der Waals surface area (Å²) in [6.07, 6.45) is 2.22. The van der Waals surface area contributed by atoms with Crippen molar-refractivity contribution in [2.45, 2.75) is 39.3 Å². The Kier molecular flexibility index (Phi) is 5.81. The van der Waals surface area contributed by atoms with Crippen LogP contribution in [0.15, 0.2) is 34.1 Å². The highest BCUT2D eigenvalue weighted by atomic mass is 16.5. The van der Waals surface area contributed by atoms with Crippen molar-refractivity contribution < 1.29 is 18.7 Å². The predicted octanol–water partition coefficient (Wildman–Crippen LogP) is 1.84. The summed E-state index contributed by atoms with van der Waals surface area (Å²) >= 11 is 0. The van der Waals surface area contributed by atoms with Crippen LogP contribution in [0.3, 0.4) is 0 Å². The van der Waals surface area contributed by atoms with Gasteiger partial charge in [-0.3, -0.25) is 0 Å². The van der Waals surface area contributed by atoms with Crippen LogP contribution in [0.1, 0.15) is 39.0 Å². The third kappa shape index (κ3) is 4.13. The lowest BCUT2D eigenvalue weighted by Gasteiger charge is -2.29. The maximum atomic E-state index is 12.2. The van der Waals surface area contributed by atoms with Gasteiger partial charge in [-0.25, -0.2) is 9.59 Å². The van der Waals surface area contributed by atoms with Gasteiger partial charge in [-0.2, -0.15) is 0 Å². The van der Waals surface area contributed by atoms with Crippen LogP contribution in [0, 0.1) is 0 Å². The van der Waals surface area contributed by atoms with Gasteiger partial charge >= 0.3 is 12.0 Å². The Labute approximate surface area is 135 Å². The van der Waals surface area contributed by atoms with Gasteiger partial charge in [-0.1, -0.05) is 6.92 Å².